The minimum absolute atomic E-state index is 0. The van der Waals surface area contributed by atoms with Crippen LogP contribution in [-0.4, -0.2) is 29.9 Å². The van der Waals surface area contributed by atoms with E-state index in [0.29, 0.717) is 11.8 Å². The summed E-state index contributed by atoms with van der Waals surface area (Å²) >= 11 is 0. The van der Waals surface area contributed by atoms with Gasteiger partial charge in [0.2, 0.25) is 5.91 Å². The fraction of sp³-hybridized carbons (Fsp3) is 0.923. The van der Waals surface area contributed by atoms with Gasteiger partial charge in [-0.1, -0.05) is 26.7 Å². The Bertz CT molecular complexity index is 275. The minimum Gasteiger partial charge on any atom is -0.342 e. The molecule has 3 nitrogen and oxygen atoms in total. The average Bonchev–Trinajstić information content (AvgIpc) is 2.74. The summed E-state index contributed by atoms with van der Waals surface area (Å²) in [5.74, 6) is 0.697. The molecule has 1 aliphatic carbocycles. The molecule has 1 heterocycles. The molecule has 1 saturated carbocycles. The van der Waals surface area contributed by atoms with Gasteiger partial charge in [-0.3, -0.25) is 4.79 Å². The van der Waals surface area contributed by atoms with Gasteiger partial charge < -0.3 is 10.6 Å². The number of hydrogen-bond donors (Lipinski definition) is 1. The summed E-state index contributed by atoms with van der Waals surface area (Å²) < 4.78 is 0. The molecule has 1 unspecified atom stereocenters. The Morgan fingerprint density at radius 3 is 2.35 bits per heavy atom. The molecular weight excluding hydrogens is 236 g/mol. The quantitative estimate of drug-likeness (QED) is 0.786. The molecule has 4 heteroatoms. The van der Waals surface area contributed by atoms with Gasteiger partial charge in [0.25, 0.3) is 0 Å². The van der Waals surface area contributed by atoms with Gasteiger partial charge >= 0.3 is 0 Å². The highest BCUT2D eigenvalue weighted by Crippen LogP contribution is 2.32. The molecule has 1 atom stereocenters. The summed E-state index contributed by atoms with van der Waals surface area (Å²) in [6.07, 6.45) is 5.61. The predicted molar refractivity (Wildman–Crippen MR) is 72.2 cm³/mol. The minimum atomic E-state index is 0. The van der Waals surface area contributed by atoms with Crippen molar-refractivity contribution < 1.29 is 4.79 Å². The average molecular weight is 261 g/mol. The third-order valence-corrected chi connectivity index (χ3v) is 4.33. The topological polar surface area (TPSA) is 46.3 Å². The van der Waals surface area contributed by atoms with Crippen molar-refractivity contribution in [2.24, 2.45) is 17.1 Å². The predicted octanol–water partition coefficient (Wildman–Crippen LogP) is 2.18. The van der Waals surface area contributed by atoms with Crippen LogP contribution >= 0.6 is 12.4 Å². The van der Waals surface area contributed by atoms with Crippen molar-refractivity contribution in [2.45, 2.75) is 52.0 Å². The normalized spacial score (nSPS) is 28.9. The van der Waals surface area contributed by atoms with E-state index in [1.165, 1.54) is 12.8 Å². The van der Waals surface area contributed by atoms with Crippen LogP contribution in [0.1, 0.15) is 46.0 Å². The third kappa shape index (κ3) is 3.14. The lowest BCUT2D eigenvalue weighted by Gasteiger charge is -2.43. The van der Waals surface area contributed by atoms with Crippen molar-refractivity contribution in [1.29, 1.82) is 0 Å². The Hall–Kier alpha value is -0.280. The van der Waals surface area contributed by atoms with Crippen LogP contribution in [-0.2, 0) is 4.79 Å². The molecule has 1 saturated heterocycles. The van der Waals surface area contributed by atoms with E-state index in [1.54, 1.807) is 0 Å². The van der Waals surface area contributed by atoms with Gasteiger partial charge in [-0.15, -0.1) is 12.4 Å². The molecule has 0 aromatic heterocycles. The number of nitrogens with zero attached hydrogens (tertiary/aromatic N) is 1. The van der Waals surface area contributed by atoms with E-state index in [2.05, 4.69) is 18.7 Å². The number of rotatable bonds is 1. The number of nitrogens with two attached hydrogens (primary N) is 1. The van der Waals surface area contributed by atoms with Crippen molar-refractivity contribution in [3.05, 3.63) is 0 Å². The van der Waals surface area contributed by atoms with E-state index in [9.17, 15) is 4.79 Å². The standard InChI is InChI=1S/C13H24N2O.ClH/c1-13(2)9-15(8-7-11(13)14)12(16)10-5-3-4-6-10;/h10-11H,3-9,14H2,1-2H3;1H. The number of likely N-dealkylation sites (tertiary alicyclic amines) is 1. The van der Waals surface area contributed by atoms with Crippen LogP contribution in [0.3, 0.4) is 0 Å². The molecule has 1 aliphatic heterocycles. The van der Waals surface area contributed by atoms with Gasteiger partial charge in [0, 0.05) is 25.0 Å². The van der Waals surface area contributed by atoms with Crippen LogP contribution in [0.25, 0.3) is 0 Å². The van der Waals surface area contributed by atoms with E-state index < -0.39 is 0 Å². The van der Waals surface area contributed by atoms with Crippen molar-refractivity contribution in [3.63, 3.8) is 0 Å². The van der Waals surface area contributed by atoms with Crippen LogP contribution < -0.4 is 5.73 Å². The first kappa shape index (κ1) is 14.8. The first-order chi connectivity index (χ1) is 7.50. The Balaban J connectivity index is 0.00000144. The largest absolute Gasteiger partial charge is 0.342 e. The monoisotopic (exact) mass is 260 g/mol. The number of carbonyl (C=O) groups excluding carboxylic acids is 1. The summed E-state index contributed by atoms with van der Waals surface area (Å²) in [5.41, 5.74) is 6.17. The van der Waals surface area contributed by atoms with E-state index in [0.717, 1.165) is 32.4 Å². The highest BCUT2D eigenvalue weighted by atomic mass is 35.5. The van der Waals surface area contributed by atoms with Crippen molar-refractivity contribution >= 4 is 18.3 Å². The maximum atomic E-state index is 12.3. The van der Waals surface area contributed by atoms with Crippen molar-refractivity contribution in [1.82, 2.24) is 4.90 Å². The van der Waals surface area contributed by atoms with Gasteiger partial charge in [0.05, 0.1) is 0 Å². The first-order valence-corrected chi connectivity index (χ1v) is 6.55. The van der Waals surface area contributed by atoms with Crippen LogP contribution in [0.15, 0.2) is 0 Å². The number of amides is 1. The molecule has 0 aromatic rings. The number of carbonyl (C=O) groups is 1. The lowest BCUT2D eigenvalue weighted by atomic mass is 9.79. The second kappa shape index (κ2) is 5.57. The zero-order chi connectivity index (χ0) is 11.8. The molecule has 0 radical (unpaired) electrons. The fourth-order valence-corrected chi connectivity index (χ4v) is 2.99. The molecule has 0 bridgehead atoms. The van der Waals surface area contributed by atoms with Gasteiger partial charge in [-0.05, 0) is 24.7 Å². The molecule has 0 spiro atoms. The molecule has 1 amide bonds. The third-order valence-electron chi connectivity index (χ3n) is 4.33. The summed E-state index contributed by atoms with van der Waals surface area (Å²) in [7, 11) is 0. The van der Waals surface area contributed by atoms with E-state index >= 15 is 0 Å². The molecular formula is C13H25ClN2O. The zero-order valence-electron chi connectivity index (χ0n) is 10.9. The molecule has 2 fully saturated rings. The summed E-state index contributed by atoms with van der Waals surface area (Å²) in [4.78, 5) is 14.3. The Kier molecular flexibility index (Phi) is 4.85. The van der Waals surface area contributed by atoms with E-state index in [4.69, 9.17) is 5.73 Å². The molecule has 2 aliphatic rings. The SMILES string of the molecule is CC1(C)CN(C(=O)C2CCCC2)CCC1N.Cl. The lowest BCUT2D eigenvalue weighted by molar-refractivity contribution is -0.138. The van der Waals surface area contributed by atoms with E-state index in [1.807, 2.05) is 0 Å². The number of halogens is 1. The second-order valence-corrected chi connectivity index (χ2v) is 6.12. The Morgan fingerprint density at radius 2 is 1.82 bits per heavy atom. The van der Waals surface area contributed by atoms with E-state index in [-0.39, 0.29) is 23.9 Å². The maximum absolute atomic E-state index is 12.3. The van der Waals surface area contributed by atoms with Crippen LogP contribution in [0, 0.1) is 11.3 Å². The number of piperidine rings is 1. The Morgan fingerprint density at radius 1 is 1.24 bits per heavy atom. The van der Waals surface area contributed by atoms with Crippen LogP contribution in [0.2, 0.25) is 0 Å². The van der Waals surface area contributed by atoms with Gasteiger partial charge in [-0.2, -0.15) is 0 Å². The second-order valence-electron chi connectivity index (χ2n) is 6.12. The molecule has 17 heavy (non-hydrogen) atoms. The summed E-state index contributed by atoms with van der Waals surface area (Å²) in [6, 6.07) is 0.236. The van der Waals surface area contributed by atoms with Gasteiger partial charge in [-0.25, -0.2) is 0 Å². The summed E-state index contributed by atoms with van der Waals surface area (Å²) in [6.45, 7) is 6.04. The lowest BCUT2D eigenvalue weighted by Crippen LogP contribution is -2.54. The first-order valence-electron chi connectivity index (χ1n) is 6.55. The zero-order valence-corrected chi connectivity index (χ0v) is 11.8. The van der Waals surface area contributed by atoms with Gasteiger partial charge in [0.1, 0.15) is 0 Å². The maximum Gasteiger partial charge on any atom is 0.225 e. The van der Waals surface area contributed by atoms with Crippen LogP contribution in [0.4, 0.5) is 0 Å². The molecule has 0 aromatic carbocycles. The molecule has 2 rings (SSSR count). The van der Waals surface area contributed by atoms with Crippen LogP contribution in [0.5, 0.6) is 0 Å². The van der Waals surface area contributed by atoms with Crippen molar-refractivity contribution in [3.8, 4) is 0 Å². The number of hydrogen-bond acceptors (Lipinski definition) is 2. The summed E-state index contributed by atoms with van der Waals surface area (Å²) in [5, 5.41) is 0. The van der Waals surface area contributed by atoms with Crippen molar-refractivity contribution in [2.75, 3.05) is 13.1 Å². The highest BCUT2D eigenvalue weighted by molar-refractivity contribution is 5.85. The molecule has 100 valence electrons. The van der Waals surface area contributed by atoms with Gasteiger partial charge in [0.15, 0.2) is 0 Å². The Labute approximate surface area is 111 Å². The molecule has 2 N–H and O–H groups in total. The highest BCUT2D eigenvalue weighted by Gasteiger charge is 2.37. The fourth-order valence-electron chi connectivity index (χ4n) is 2.99. The smallest absolute Gasteiger partial charge is 0.225 e.